The first-order valence-corrected chi connectivity index (χ1v) is 9.29. The number of halogens is 1. The van der Waals surface area contributed by atoms with Gasteiger partial charge in [0.05, 0.1) is 18.2 Å². The highest BCUT2D eigenvalue weighted by atomic mass is 35.5. The van der Waals surface area contributed by atoms with Crippen LogP contribution in [0.3, 0.4) is 0 Å². The van der Waals surface area contributed by atoms with E-state index in [9.17, 15) is 4.79 Å². The molecule has 1 heterocycles. The third-order valence-electron chi connectivity index (χ3n) is 4.43. The van der Waals surface area contributed by atoms with Crippen molar-refractivity contribution in [3.8, 4) is 11.5 Å². The van der Waals surface area contributed by atoms with Gasteiger partial charge in [-0.1, -0.05) is 18.5 Å². The van der Waals surface area contributed by atoms with Gasteiger partial charge in [0.1, 0.15) is 0 Å². The molecule has 2 atom stereocenters. The number of carbonyl (C=O) groups excluding carboxylic acids is 1. The van der Waals surface area contributed by atoms with E-state index in [1.165, 1.54) is 6.42 Å². The molecule has 0 N–H and O–H groups in total. The van der Waals surface area contributed by atoms with Crippen molar-refractivity contribution in [3.05, 3.63) is 22.7 Å². The summed E-state index contributed by atoms with van der Waals surface area (Å²) in [5.41, 5.74) is 0.563. The van der Waals surface area contributed by atoms with Crippen LogP contribution >= 0.6 is 11.6 Å². The lowest BCUT2D eigenvalue weighted by molar-refractivity contribution is 0.0510. The molecule has 2 rings (SSSR count). The fraction of sp³-hybridized carbons (Fsp3) is 0.632. The molecule has 0 saturated carbocycles. The highest BCUT2D eigenvalue weighted by Gasteiger charge is 2.30. The molecule has 0 aliphatic carbocycles. The highest BCUT2D eigenvalue weighted by molar-refractivity contribution is 6.32. The van der Waals surface area contributed by atoms with E-state index in [0.29, 0.717) is 35.3 Å². The van der Waals surface area contributed by atoms with Gasteiger partial charge >= 0.3 is 0 Å². The quantitative estimate of drug-likeness (QED) is 0.727. The molecular formula is C19H28ClNO3. The average Bonchev–Trinajstić information content (AvgIpc) is 2.54. The maximum atomic E-state index is 13.0. The Kier molecular flexibility index (Phi) is 6.79. The molecule has 0 spiro atoms. The van der Waals surface area contributed by atoms with Gasteiger partial charge < -0.3 is 14.4 Å². The normalized spacial score (nSPS) is 20.8. The summed E-state index contributed by atoms with van der Waals surface area (Å²) in [4.78, 5) is 15.0. The molecule has 1 aliphatic rings. The number of benzene rings is 1. The molecule has 134 valence electrons. The maximum Gasteiger partial charge on any atom is 0.254 e. The number of ether oxygens (including phenoxy) is 2. The molecule has 0 bridgehead atoms. The van der Waals surface area contributed by atoms with Crippen molar-refractivity contribution in [2.45, 2.75) is 65.5 Å². The Morgan fingerprint density at radius 3 is 2.46 bits per heavy atom. The van der Waals surface area contributed by atoms with Crippen LogP contribution < -0.4 is 9.47 Å². The predicted molar refractivity (Wildman–Crippen MR) is 97.4 cm³/mol. The Labute approximate surface area is 150 Å². The van der Waals surface area contributed by atoms with E-state index in [1.807, 2.05) is 18.7 Å². The van der Waals surface area contributed by atoms with Gasteiger partial charge in [-0.2, -0.15) is 0 Å². The third-order valence-corrected chi connectivity index (χ3v) is 4.72. The molecule has 2 unspecified atom stereocenters. The number of nitrogens with zero attached hydrogens (tertiary/aromatic N) is 1. The van der Waals surface area contributed by atoms with Gasteiger partial charge in [-0.05, 0) is 58.6 Å². The van der Waals surface area contributed by atoms with Crippen molar-refractivity contribution in [2.24, 2.45) is 0 Å². The van der Waals surface area contributed by atoms with Gasteiger partial charge in [0.15, 0.2) is 11.5 Å². The van der Waals surface area contributed by atoms with Crippen LogP contribution in [0.25, 0.3) is 0 Å². The molecule has 1 fully saturated rings. The second-order valence-corrected chi connectivity index (χ2v) is 6.82. The molecule has 5 heteroatoms. The predicted octanol–water partition coefficient (Wildman–Crippen LogP) is 4.93. The molecule has 1 aromatic carbocycles. The fourth-order valence-electron chi connectivity index (χ4n) is 3.27. The van der Waals surface area contributed by atoms with Gasteiger partial charge in [-0.15, -0.1) is 0 Å². The van der Waals surface area contributed by atoms with Gasteiger partial charge in [-0.25, -0.2) is 0 Å². The number of amides is 1. The summed E-state index contributed by atoms with van der Waals surface area (Å²) < 4.78 is 11.4. The number of piperidine rings is 1. The zero-order chi connectivity index (χ0) is 17.7. The van der Waals surface area contributed by atoms with Crippen LogP contribution in [0.4, 0.5) is 0 Å². The molecule has 1 saturated heterocycles. The lowest BCUT2D eigenvalue weighted by Gasteiger charge is -2.39. The minimum Gasteiger partial charge on any atom is -0.490 e. The second kappa shape index (κ2) is 8.61. The lowest BCUT2D eigenvalue weighted by Crippen LogP contribution is -2.47. The van der Waals surface area contributed by atoms with Crippen molar-refractivity contribution in [3.63, 3.8) is 0 Å². The molecule has 1 aromatic rings. The van der Waals surface area contributed by atoms with Gasteiger partial charge in [-0.3, -0.25) is 4.79 Å². The van der Waals surface area contributed by atoms with Gasteiger partial charge in [0.25, 0.3) is 5.91 Å². The topological polar surface area (TPSA) is 38.8 Å². The minimum absolute atomic E-state index is 0.0135. The Morgan fingerprint density at radius 1 is 1.21 bits per heavy atom. The summed E-state index contributed by atoms with van der Waals surface area (Å²) in [5.74, 6) is 1.08. The summed E-state index contributed by atoms with van der Waals surface area (Å²) in [7, 11) is 0. The fourth-order valence-corrected chi connectivity index (χ4v) is 3.53. The van der Waals surface area contributed by atoms with E-state index in [-0.39, 0.29) is 18.0 Å². The van der Waals surface area contributed by atoms with E-state index in [4.69, 9.17) is 21.1 Å². The Bertz CT molecular complexity index is 566. The lowest BCUT2D eigenvalue weighted by atomic mass is 9.96. The molecule has 0 aromatic heterocycles. The first-order chi connectivity index (χ1) is 11.5. The smallest absolute Gasteiger partial charge is 0.254 e. The number of likely N-dealkylation sites (tertiary alicyclic amines) is 1. The average molecular weight is 354 g/mol. The van der Waals surface area contributed by atoms with E-state index >= 15 is 0 Å². The highest BCUT2D eigenvalue weighted by Crippen LogP contribution is 2.38. The minimum atomic E-state index is 0.0135. The molecule has 1 amide bonds. The van der Waals surface area contributed by atoms with Crippen LogP contribution in [0.2, 0.25) is 5.02 Å². The van der Waals surface area contributed by atoms with Crippen LogP contribution in [0, 0.1) is 0 Å². The molecule has 24 heavy (non-hydrogen) atoms. The van der Waals surface area contributed by atoms with E-state index < -0.39 is 0 Å². The SMILES string of the molecule is CCCOc1c(Cl)cc(C(=O)N2C(C)CCCC2C)cc1OCC. The third kappa shape index (κ3) is 4.15. The van der Waals surface area contributed by atoms with E-state index in [1.54, 1.807) is 12.1 Å². The van der Waals surface area contributed by atoms with Crippen LogP contribution in [0.1, 0.15) is 63.7 Å². The summed E-state index contributed by atoms with van der Waals surface area (Å²) in [6.07, 6.45) is 4.13. The summed E-state index contributed by atoms with van der Waals surface area (Å²) in [6, 6.07) is 3.94. The van der Waals surface area contributed by atoms with Gasteiger partial charge in [0.2, 0.25) is 0 Å². The summed E-state index contributed by atoms with van der Waals surface area (Å²) in [5, 5.41) is 0.426. The van der Waals surface area contributed by atoms with Crippen LogP contribution in [0.5, 0.6) is 11.5 Å². The van der Waals surface area contributed by atoms with Crippen LogP contribution in [-0.4, -0.2) is 36.1 Å². The monoisotopic (exact) mass is 353 g/mol. The van der Waals surface area contributed by atoms with Crippen molar-refractivity contribution in [1.82, 2.24) is 4.90 Å². The largest absolute Gasteiger partial charge is 0.490 e. The van der Waals surface area contributed by atoms with Crippen molar-refractivity contribution in [2.75, 3.05) is 13.2 Å². The number of hydrogen-bond acceptors (Lipinski definition) is 3. The number of rotatable bonds is 6. The first-order valence-electron chi connectivity index (χ1n) is 8.91. The second-order valence-electron chi connectivity index (χ2n) is 6.41. The van der Waals surface area contributed by atoms with Gasteiger partial charge in [0, 0.05) is 17.6 Å². The van der Waals surface area contributed by atoms with Crippen molar-refractivity contribution < 1.29 is 14.3 Å². The zero-order valence-corrected chi connectivity index (χ0v) is 15.9. The number of carbonyl (C=O) groups is 1. The van der Waals surface area contributed by atoms with E-state index in [2.05, 4.69) is 13.8 Å². The van der Waals surface area contributed by atoms with Crippen molar-refractivity contribution >= 4 is 17.5 Å². The maximum absolute atomic E-state index is 13.0. The Morgan fingerprint density at radius 2 is 1.88 bits per heavy atom. The Hall–Kier alpha value is -1.42. The van der Waals surface area contributed by atoms with Crippen molar-refractivity contribution in [1.29, 1.82) is 0 Å². The standard InChI is InChI=1S/C19H28ClNO3/c1-5-10-24-18-16(20)11-15(12-17(18)23-6-2)19(22)21-13(3)8-7-9-14(21)4/h11-14H,5-10H2,1-4H3. The van der Waals surface area contributed by atoms with Crippen LogP contribution in [-0.2, 0) is 0 Å². The summed E-state index contributed by atoms with van der Waals surface area (Å²) in [6.45, 7) is 9.21. The van der Waals surface area contributed by atoms with Crippen LogP contribution in [0.15, 0.2) is 12.1 Å². The molecule has 4 nitrogen and oxygen atoms in total. The Balaban J connectivity index is 2.34. The number of hydrogen-bond donors (Lipinski definition) is 0. The molecule has 1 aliphatic heterocycles. The molecule has 0 radical (unpaired) electrons. The zero-order valence-electron chi connectivity index (χ0n) is 15.1. The molecular weight excluding hydrogens is 326 g/mol. The first kappa shape index (κ1) is 18.9. The van der Waals surface area contributed by atoms with E-state index in [0.717, 1.165) is 19.3 Å². The summed E-state index contributed by atoms with van der Waals surface area (Å²) >= 11 is 6.39.